The van der Waals surface area contributed by atoms with Crippen molar-refractivity contribution < 1.29 is 9.90 Å². The zero-order valence-corrected chi connectivity index (χ0v) is 10.9. The molecule has 3 unspecified atom stereocenters. The summed E-state index contributed by atoms with van der Waals surface area (Å²) in [6.45, 7) is 4.62. The van der Waals surface area contributed by atoms with Gasteiger partial charge in [0.05, 0.1) is 5.92 Å². The molecule has 1 saturated heterocycles. The van der Waals surface area contributed by atoms with Gasteiger partial charge in [0.25, 0.3) is 0 Å². The zero-order valence-electron chi connectivity index (χ0n) is 9.23. The Morgan fingerprint density at radius 1 is 1.53 bits per heavy atom. The molecule has 0 aromatic rings. The Morgan fingerprint density at radius 3 is 2.80 bits per heavy atom. The highest BCUT2D eigenvalue weighted by molar-refractivity contribution is 8.06. The fraction of sp³-hybridized carbons (Fsp3) is 0.900. The molecule has 1 aliphatic heterocycles. The molecule has 1 rings (SSSR count). The second-order valence-corrected chi connectivity index (χ2v) is 6.45. The zero-order chi connectivity index (χ0) is 11.3. The summed E-state index contributed by atoms with van der Waals surface area (Å²) in [5.41, 5.74) is 0. The maximum Gasteiger partial charge on any atom is 0.307 e. The van der Waals surface area contributed by atoms with Crippen LogP contribution in [0.4, 0.5) is 0 Å². The largest absolute Gasteiger partial charge is 0.481 e. The van der Waals surface area contributed by atoms with E-state index >= 15 is 0 Å². The Balaban J connectivity index is 2.20. The van der Waals surface area contributed by atoms with Crippen LogP contribution in [0.1, 0.15) is 13.8 Å². The van der Waals surface area contributed by atoms with Crippen LogP contribution in [0.15, 0.2) is 0 Å². The van der Waals surface area contributed by atoms with Crippen molar-refractivity contribution in [3.63, 3.8) is 0 Å². The summed E-state index contributed by atoms with van der Waals surface area (Å²) in [6, 6.07) is 0.0510. The van der Waals surface area contributed by atoms with E-state index in [9.17, 15) is 4.79 Å². The fourth-order valence-corrected chi connectivity index (χ4v) is 3.99. The molecule has 0 bridgehead atoms. The van der Waals surface area contributed by atoms with Gasteiger partial charge in [-0.2, -0.15) is 23.5 Å². The van der Waals surface area contributed by atoms with Gasteiger partial charge < -0.3 is 10.4 Å². The van der Waals surface area contributed by atoms with Crippen molar-refractivity contribution in [2.24, 2.45) is 5.92 Å². The van der Waals surface area contributed by atoms with Crippen molar-refractivity contribution in [1.29, 1.82) is 0 Å². The van der Waals surface area contributed by atoms with Crippen LogP contribution < -0.4 is 5.32 Å². The summed E-state index contributed by atoms with van der Waals surface area (Å²) in [7, 11) is 0. The number of aliphatic carboxylic acids is 1. The molecule has 3 nitrogen and oxygen atoms in total. The van der Waals surface area contributed by atoms with Crippen molar-refractivity contribution in [3.8, 4) is 0 Å². The van der Waals surface area contributed by atoms with E-state index in [1.165, 1.54) is 17.3 Å². The van der Waals surface area contributed by atoms with E-state index in [-0.39, 0.29) is 12.0 Å². The first-order chi connectivity index (χ1) is 7.11. The van der Waals surface area contributed by atoms with Gasteiger partial charge in [-0.3, -0.25) is 4.79 Å². The number of hydrogen-bond donors (Lipinski definition) is 2. The van der Waals surface area contributed by atoms with Crippen molar-refractivity contribution in [3.05, 3.63) is 0 Å². The third-order valence-electron chi connectivity index (χ3n) is 2.69. The van der Waals surface area contributed by atoms with Gasteiger partial charge in [0.2, 0.25) is 0 Å². The maximum absolute atomic E-state index is 10.7. The van der Waals surface area contributed by atoms with Gasteiger partial charge in [0, 0.05) is 35.1 Å². The lowest BCUT2D eigenvalue weighted by Gasteiger charge is -2.24. The predicted molar refractivity (Wildman–Crippen MR) is 67.8 cm³/mol. The molecule has 0 aromatic carbocycles. The lowest BCUT2D eigenvalue weighted by atomic mass is 10.0. The maximum atomic E-state index is 10.7. The van der Waals surface area contributed by atoms with Gasteiger partial charge in [-0.15, -0.1) is 0 Å². The Hall–Kier alpha value is 0.130. The van der Waals surface area contributed by atoms with Crippen LogP contribution in [0, 0.1) is 5.92 Å². The van der Waals surface area contributed by atoms with E-state index in [1.54, 1.807) is 6.92 Å². The summed E-state index contributed by atoms with van der Waals surface area (Å²) in [6.07, 6.45) is 0. The second-order valence-electron chi connectivity index (χ2n) is 3.89. The van der Waals surface area contributed by atoms with Crippen molar-refractivity contribution in [2.45, 2.75) is 25.1 Å². The standard InChI is InChI=1S/C10H19NO2S2/c1-7(10(12)13)8(2)11-5-9-6-14-3-4-15-9/h7-9,11H,3-6H2,1-2H3,(H,12,13). The number of nitrogens with one attached hydrogen (secondary N) is 1. The van der Waals surface area contributed by atoms with Crippen LogP contribution in [-0.2, 0) is 4.79 Å². The molecule has 1 fully saturated rings. The van der Waals surface area contributed by atoms with Crippen LogP contribution >= 0.6 is 23.5 Å². The molecule has 15 heavy (non-hydrogen) atoms. The number of hydrogen-bond acceptors (Lipinski definition) is 4. The molecule has 88 valence electrons. The summed E-state index contributed by atoms with van der Waals surface area (Å²) in [5.74, 6) is 2.63. The molecule has 0 aliphatic carbocycles. The number of rotatable bonds is 5. The highest BCUT2D eigenvalue weighted by atomic mass is 32.2. The van der Waals surface area contributed by atoms with Crippen molar-refractivity contribution in [1.82, 2.24) is 5.32 Å². The van der Waals surface area contributed by atoms with Crippen LogP contribution in [-0.4, -0.2) is 46.2 Å². The average Bonchev–Trinajstić information content (AvgIpc) is 2.26. The van der Waals surface area contributed by atoms with E-state index < -0.39 is 5.97 Å². The fourth-order valence-electron chi connectivity index (χ4n) is 1.36. The Labute approximate surface area is 99.8 Å². The third kappa shape index (κ3) is 4.66. The minimum atomic E-state index is -0.722. The van der Waals surface area contributed by atoms with E-state index in [4.69, 9.17) is 5.11 Å². The lowest BCUT2D eigenvalue weighted by molar-refractivity contribution is -0.141. The Kier molecular flexibility index (Phi) is 5.86. The van der Waals surface area contributed by atoms with Gasteiger partial charge in [-0.25, -0.2) is 0 Å². The van der Waals surface area contributed by atoms with Gasteiger partial charge in [0.1, 0.15) is 0 Å². The molecule has 0 radical (unpaired) electrons. The molecule has 3 atom stereocenters. The highest BCUT2D eigenvalue weighted by Crippen LogP contribution is 2.23. The molecule has 5 heteroatoms. The minimum absolute atomic E-state index is 0.0510. The van der Waals surface area contributed by atoms with E-state index in [0.29, 0.717) is 5.25 Å². The molecule has 1 aliphatic rings. The number of carboxylic acid groups (broad SMARTS) is 1. The van der Waals surface area contributed by atoms with Crippen molar-refractivity contribution in [2.75, 3.05) is 23.8 Å². The number of carboxylic acids is 1. The molecule has 2 N–H and O–H groups in total. The average molecular weight is 249 g/mol. The normalized spacial score (nSPS) is 25.9. The van der Waals surface area contributed by atoms with Crippen LogP contribution in [0.5, 0.6) is 0 Å². The van der Waals surface area contributed by atoms with Crippen molar-refractivity contribution >= 4 is 29.5 Å². The summed E-state index contributed by atoms with van der Waals surface area (Å²) in [4.78, 5) is 10.7. The number of thioether (sulfide) groups is 2. The first kappa shape index (κ1) is 13.2. The first-order valence-electron chi connectivity index (χ1n) is 5.26. The van der Waals surface area contributed by atoms with Gasteiger partial charge in [-0.05, 0) is 6.92 Å². The van der Waals surface area contributed by atoms with Crippen LogP contribution in [0.2, 0.25) is 0 Å². The topological polar surface area (TPSA) is 49.3 Å². The highest BCUT2D eigenvalue weighted by Gasteiger charge is 2.21. The van der Waals surface area contributed by atoms with Crippen LogP contribution in [0.3, 0.4) is 0 Å². The van der Waals surface area contributed by atoms with E-state index in [0.717, 1.165) is 6.54 Å². The molecule has 1 heterocycles. The molecule has 0 amide bonds. The third-order valence-corrected chi connectivity index (χ3v) is 5.54. The molecule has 0 saturated carbocycles. The van der Waals surface area contributed by atoms with E-state index in [1.807, 2.05) is 30.4 Å². The van der Waals surface area contributed by atoms with Crippen LogP contribution in [0.25, 0.3) is 0 Å². The summed E-state index contributed by atoms with van der Waals surface area (Å²) < 4.78 is 0. The predicted octanol–water partition coefficient (Wildman–Crippen LogP) is 1.53. The van der Waals surface area contributed by atoms with E-state index in [2.05, 4.69) is 5.32 Å². The number of carbonyl (C=O) groups is 1. The molecular formula is C10H19NO2S2. The summed E-state index contributed by atoms with van der Waals surface area (Å²) in [5, 5.41) is 12.8. The molecule has 0 aromatic heterocycles. The minimum Gasteiger partial charge on any atom is -0.481 e. The van der Waals surface area contributed by atoms with Gasteiger partial charge >= 0.3 is 5.97 Å². The SMILES string of the molecule is CC(NCC1CSCCS1)C(C)C(=O)O. The van der Waals surface area contributed by atoms with Gasteiger partial charge in [0.15, 0.2) is 0 Å². The smallest absolute Gasteiger partial charge is 0.307 e. The first-order valence-corrected chi connectivity index (χ1v) is 7.47. The summed E-state index contributed by atoms with van der Waals surface area (Å²) >= 11 is 3.99. The molecule has 0 spiro atoms. The Bertz CT molecular complexity index is 208. The second kappa shape index (κ2) is 6.66. The van der Waals surface area contributed by atoms with Gasteiger partial charge in [-0.1, -0.05) is 6.92 Å². The Morgan fingerprint density at radius 2 is 2.27 bits per heavy atom. The monoisotopic (exact) mass is 249 g/mol. The molecular weight excluding hydrogens is 230 g/mol. The lowest BCUT2D eigenvalue weighted by Crippen LogP contribution is -2.40. The quantitative estimate of drug-likeness (QED) is 0.774.